The van der Waals surface area contributed by atoms with Gasteiger partial charge in [0.25, 0.3) is 0 Å². The number of nitrogens with zero attached hydrogens (tertiary/aromatic N) is 4. The summed E-state index contributed by atoms with van der Waals surface area (Å²) in [5.74, 6) is 0. The number of rotatable bonds is 3. The van der Waals surface area contributed by atoms with E-state index in [1.54, 1.807) is 6.20 Å². The summed E-state index contributed by atoms with van der Waals surface area (Å²) in [5.41, 5.74) is 4.01. The van der Waals surface area contributed by atoms with E-state index in [1.807, 2.05) is 36.9 Å². The molecule has 20 heavy (non-hydrogen) atoms. The fourth-order valence-corrected chi connectivity index (χ4v) is 2.32. The van der Waals surface area contributed by atoms with Crippen LogP contribution < -0.4 is 5.32 Å². The maximum atomic E-state index is 4.33. The molecule has 0 aliphatic rings. The predicted molar refractivity (Wildman–Crippen MR) is 78.9 cm³/mol. The Kier molecular flexibility index (Phi) is 3.20. The molecule has 2 heterocycles. The van der Waals surface area contributed by atoms with Gasteiger partial charge in [0.1, 0.15) is 5.69 Å². The Labute approximate surface area is 117 Å². The Bertz CT molecular complexity index is 747. The van der Waals surface area contributed by atoms with Crippen molar-refractivity contribution in [2.75, 3.05) is 7.05 Å². The quantitative estimate of drug-likeness (QED) is 0.791. The minimum absolute atomic E-state index is 0.186. The lowest BCUT2D eigenvalue weighted by Gasteiger charge is -2.08. The summed E-state index contributed by atoms with van der Waals surface area (Å²) in [7, 11) is 1.92. The van der Waals surface area contributed by atoms with Crippen molar-refractivity contribution >= 4 is 10.9 Å². The third-order valence-electron chi connectivity index (χ3n) is 3.60. The van der Waals surface area contributed by atoms with Crippen LogP contribution in [-0.4, -0.2) is 27.0 Å². The standard InChI is InChI=1S/C15H17N5/c1-10(16-3)15-11(2)20(19-18-15)13-6-7-14-12(9-13)5-4-8-17-14/h4-10,16H,1-3H3. The lowest BCUT2D eigenvalue weighted by molar-refractivity contribution is 0.627. The minimum Gasteiger partial charge on any atom is -0.312 e. The lowest BCUT2D eigenvalue weighted by atomic mass is 10.2. The fourth-order valence-electron chi connectivity index (χ4n) is 2.32. The molecule has 5 nitrogen and oxygen atoms in total. The molecule has 1 aromatic carbocycles. The number of pyridine rings is 1. The third kappa shape index (κ3) is 2.06. The van der Waals surface area contributed by atoms with Gasteiger partial charge in [0.15, 0.2) is 0 Å². The van der Waals surface area contributed by atoms with Gasteiger partial charge in [-0.3, -0.25) is 4.98 Å². The van der Waals surface area contributed by atoms with E-state index in [9.17, 15) is 0 Å². The topological polar surface area (TPSA) is 55.6 Å². The zero-order valence-electron chi connectivity index (χ0n) is 11.8. The summed E-state index contributed by atoms with van der Waals surface area (Å²) < 4.78 is 1.87. The van der Waals surface area contributed by atoms with E-state index in [1.165, 1.54) is 0 Å². The molecule has 1 atom stereocenters. The van der Waals surface area contributed by atoms with Crippen molar-refractivity contribution < 1.29 is 0 Å². The number of benzene rings is 1. The molecule has 102 valence electrons. The molecule has 0 radical (unpaired) electrons. The molecule has 5 heteroatoms. The van der Waals surface area contributed by atoms with Crippen LogP contribution in [0.2, 0.25) is 0 Å². The molecule has 0 aliphatic carbocycles. The van der Waals surface area contributed by atoms with Crippen molar-refractivity contribution in [1.29, 1.82) is 0 Å². The smallest absolute Gasteiger partial charge is 0.103 e. The zero-order chi connectivity index (χ0) is 14.1. The van der Waals surface area contributed by atoms with Crippen molar-refractivity contribution in [3.05, 3.63) is 47.9 Å². The van der Waals surface area contributed by atoms with E-state index in [4.69, 9.17) is 0 Å². The largest absolute Gasteiger partial charge is 0.312 e. The van der Waals surface area contributed by atoms with E-state index in [0.717, 1.165) is 28.0 Å². The monoisotopic (exact) mass is 267 g/mol. The average molecular weight is 267 g/mol. The van der Waals surface area contributed by atoms with Gasteiger partial charge in [0, 0.05) is 11.6 Å². The second kappa shape index (κ2) is 5.02. The highest BCUT2D eigenvalue weighted by Gasteiger charge is 2.14. The van der Waals surface area contributed by atoms with E-state index in [0.29, 0.717) is 0 Å². The van der Waals surface area contributed by atoms with Crippen molar-refractivity contribution in [2.24, 2.45) is 0 Å². The maximum absolute atomic E-state index is 4.33. The Morgan fingerprint density at radius 3 is 2.90 bits per heavy atom. The van der Waals surface area contributed by atoms with Crippen LogP contribution in [0.5, 0.6) is 0 Å². The highest BCUT2D eigenvalue weighted by atomic mass is 15.4. The van der Waals surface area contributed by atoms with Gasteiger partial charge in [0.2, 0.25) is 0 Å². The first kappa shape index (κ1) is 12.7. The summed E-state index contributed by atoms with van der Waals surface area (Å²) in [5, 5.41) is 12.8. The summed E-state index contributed by atoms with van der Waals surface area (Å²) in [4.78, 5) is 4.33. The van der Waals surface area contributed by atoms with Gasteiger partial charge in [0.05, 0.1) is 22.9 Å². The summed E-state index contributed by atoms with van der Waals surface area (Å²) >= 11 is 0. The van der Waals surface area contributed by atoms with Crippen LogP contribution in [0.15, 0.2) is 36.5 Å². The Balaban J connectivity index is 2.09. The molecular weight excluding hydrogens is 250 g/mol. The second-order valence-corrected chi connectivity index (χ2v) is 4.86. The van der Waals surface area contributed by atoms with Crippen LogP contribution in [0.3, 0.4) is 0 Å². The Morgan fingerprint density at radius 1 is 1.25 bits per heavy atom. The lowest BCUT2D eigenvalue weighted by Crippen LogP contribution is -2.14. The summed E-state index contributed by atoms with van der Waals surface area (Å²) in [6.07, 6.45) is 1.80. The normalized spacial score (nSPS) is 12.8. The Hall–Kier alpha value is -2.27. The van der Waals surface area contributed by atoms with Crippen molar-refractivity contribution in [3.8, 4) is 5.69 Å². The highest BCUT2D eigenvalue weighted by molar-refractivity contribution is 5.80. The first-order valence-corrected chi connectivity index (χ1v) is 6.65. The highest BCUT2D eigenvalue weighted by Crippen LogP contribution is 2.20. The summed E-state index contributed by atoms with van der Waals surface area (Å²) in [6.45, 7) is 4.11. The van der Waals surface area contributed by atoms with Crippen molar-refractivity contribution in [3.63, 3.8) is 0 Å². The predicted octanol–water partition coefficient (Wildman–Crippen LogP) is 2.40. The molecule has 0 saturated carbocycles. The van der Waals surface area contributed by atoms with Gasteiger partial charge < -0.3 is 5.32 Å². The molecule has 0 amide bonds. The second-order valence-electron chi connectivity index (χ2n) is 4.86. The minimum atomic E-state index is 0.186. The van der Waals surface area contributed by atoms with Crippen molar-refractivity contribution in [1.82, 2.24) is 25.3 Å². The molecule has 1 N–H and O–H groups in total. The Morgan fingerprint density at radius 2 is 2.10 bits per heavy atom. The van der Waals surface area contributed by atoms with Crippen LogP contribution in [0.1, 0.15) is 24.4 Å². The first-order valence-electron chi connectivity index (χ1n) is 6.65. The number of hydrogen-bond donors (Lipinski definition) is 1. The van der Waals surface area contributed by atoms with Gasteiger partial charge in [-0.25, -0.2) is 4.68 Å². The number of hydrogen-bond acceptors (Lipinski definition) is 4. The van der Waals surface area contributed by atoms with Gasteiger partial charge in [-0.1, -0.05) is 11.3 Å². The van der Waals surface area contributed by atoms with Gasteiger partial charge >= 0.3 is 0 Å². The number of fused-ring (bicyclic) bond motifs is 1. The molecule has 0 spiro atoms. The van der Waals surface area contributed by atoms with Crippen LogP contribution in [0, 0.1) is 6.92 Å². The fraction of sp³-hybridized carbons (Fsp3) is 0.267. The molecule has 0 bridgehead atoms. The van der Waals surface area contributed by atoms with E-state index >= 15 is 0 Å². The number of nitrogens with one attached hydrogen (secondary N) is 1. The van der Waals surface area contributed by atoms with E-state index in [2.05, 4.69) is 39.7 Å². The molecule has 0 aliphatic heterocycles. The molecule has 0 fully saturated rings. The van der Waals surface area contributed by atoms with Crippen LogP contribution in [-0.2, 0) is 0 Å². The molecule has 0 saturated heterocycles. The third-order valence-corrected chi connectivity index (χ3v) is 3.60. The van der Waals surface area contributed by atoms with E-state index in [-0.39, 0.29) is 6.04 Å². The first-order chi connectivity index (χ1) is 9.70. The molecule has 1 unspecified atom stereocenters. The van der Waals surface area contributed by atoms with Crippen molar-refractivity contribution in [2.45, 2.75) is 19.9 Å². The van der Waals surface area contributed by atoms with Crippen LogP contribution in [0.25, 0.3) is 16.6 Å². The van der Waals surface area contributed by atoms with Crippen LogP contribution >= 0.6 is 0 Å². The van der Waals surface area contributed by atoms with Gasteiger partial charge in [-0.2, -0.15) is 0 Å². The number of aromatic nitrogens is 4. The molecule has 2 aromatic heterocycles. The SMILES string of the molecule is CNC(C)c1nnn(-c2ccc3ncccc3c2)c1C. The summed E-state index contributed by atoms with van der Waals surface area (Å²) in [6, 6.07) is 10.3. The maximum Gasteiger partial charge on any atom is 0.103 e. The zero-order valence-corrected chi connectivity index (χ0v) is 11.8. The molecular formula is C15H17N5. The van der Waals surface area contributed by atoms with Crippen LogP contribution in [0.4, 0.5) is 0 Å². The van der Waals surface area contributed by atoms with Gasteiger partial charge in [-0.05, 0) is 45.2 Å². The molecule has 3 aromatic rings. The molecule has 3 rings (SSSR count). The van der Waals surface area contributed by atoms with Gasteiger partial charge in [-0.15, -0.1) is 5.10 Å². The average Bonchev–Trinajstić information content (AvgIpc) is 2.87. The van der Waals surface area contributed by atoms with E-state index < -0.39 is 0 Å².